The molecule has 16 heavy (non-hydrogen) atoms. The predicted octanol–water partition coefficient (Wildman–Crippen LogP) is 2.78. The van der Waals surface area contributed by atoms with Crippen LogP contribution < -0.4 is 4.74 Å². The maximum absolute atomic E-state index is 12.1. The van der Waals surface area contributed by atoms with Crippen LogP contribution in [0.5, 0.6) is 5.75 Å². The fraction of sp³-hybridized carbons (Fsp3) is 0.455. The quantitative estimate of drug-likeness (QED) is 0.862. The van der Waals surface area contributed by atoms with Crippen molar-refractivity contribution in [3.8, 4) is 5.75 Å². The van der Waals surface area contributed by atoms with Gasteiger partial charge in [-0.05, 0) is 47.0 Å². The van der Waals surface area contributed by atoms with Crippen molar-refractivity contribution in [2.24, 2.45) is 0 Å². The zero-order chi connectivity index (χ0) is 11.8. The van der Waals surface area contributed by atoms with Crippen LogP contribution in [-0.4, -0.2) is 20.8 Å². The smallest absolute Gasteiger partial charge is 0.181 e. The van der Waals surface area contributed by atoms with Crippen molar-refractivity contribution in [3.05, 3.63) is 22.7 Å². The van der Waals surface area contributed by atoms with Gasteiger partial charge in [-0.1, -0.05) is 6.42 Å². The Morgan fingerprint density at radius 1 is 1.38 bits per heavy atom. The molecule has 2 rings (SSSR count). The first-order valence-electron chi connectivity index (χ1n) is 5.13. The van der Waals surface area contributed by atoms with Crippen LogP contribution in [0.2, 0.25) is 0 Å². The first-order chi connectivity index (χ1) is 7.55. The van der Waals surface area contributed by atoms with Gasteiger partial charge in [0.1, 0.15) is 5.75 Å². The zero-order valence-corrected chi connectivity index (χ0v) is 11.3. The van der Waals surface area contributed by atoms with E-state index < -0.39 is 9.84 Å². The first kappa shape index (κ1) is 11.9. The van der Waals surface area contributed by atoms with Crippen molar-refractivity contribution in [1.82, 2.24) is 0 Å². The van der Waals surface area contributed by atoms with E-state index in [2.05, 4.69) is 15.9 Å². The monoisotopic (exact) mass is 304 g/mol. The molecule has 0 atom stereocenters. The molecule has 0 N–H and O–H groups in total. The largest absolute Gasteiger partial charge is 0.496 e. The van der Waals surface area contributed by atoms with Crippen LogP contribution in [0.1, 0.15) is 19.3 Å². The Balaban J connectivity index is 2.40. The lowest BCUT2D eigenvalue weighted by molar-refractivity contribution is 0.410. The minimum Gasteiger partial charge on any atom is -0.496 e. The summed E-state index contributed by atoms with van der Waals surface area (Å²) in [6.07, 6.45) is 2.57. The summed E-state index contributed by atoms with van der Waals surface area (Å²) in [6, 6.07) is 4.92. The second-order valence-electron chi connectivity index (χ2n) is 3.89. The van der Waals surface area contributed by atoms with E-state index >= 15 is 0 Å². The second-order valence-corrected chi connectivity index (χ2v) is 6.98. The maximum Gasteiger partial charge on any atom is 0.181 e. The second kappa shape index (κ2) is 4.37. The molecule has 0 saturated heterocycles. The summed E-state index contributed by atoms with van der Waals surface area (Å²) in [5.41, 5.74) is 0. The summed E-state index contributed by atoms with van der Waals surface area (Å²) in [6.45, 7) is 0. The van der Waals surface area contributed by atoms with Crippen molar-refractivity contribution >= 4 is 25.8 Å². The van der Waals surface area contributed by atoms with Crippen LogP contribution in [0.3, 0.4) is 0 Å². The molecule has 0 unspecified atom stereocenters. The highest BCUT2D eigenvalue weighted by Crippen LogP contribution is 2.34. The molecule has 0 bridgehead atoms. The van der Waals surface area contributed by atoms with Crippen LogP contribution in [0.15, 0.2) is 27.6 Å². The molecule has 1 aliphatic carbocycles. The van der Waals surface area contributed by atoms with Gasteiger partial charge in [0.25, 0.3) is 0 Å². The van der Waals surface area contributed by atoms with Crippen molar-refractivity contribution in [2.45, 2.75) is 29.4 Å². The Bertz CT molecular complexity index is 492. The van der Waals surface area contributed by atoms with Crippen LogP contribution in [0, 0.1) is 0 Å². The molecule has 0 aliphatic heterocycles. The van der Waals surface area contributed by atoms with Gasteiger partial charge >= 0.3 is 0 Å². The lowest BCUT2D eigenvalue weighted by Gasteiger charge is -2.25. The Morgan fingerprint density at radius 2 is 2.06 bits per heavy atom. The minimum atomic E-state index is -3.15. The van der Waals surface area contributed by atoms with Crippen molar-refractivity contribution in [3.63, 3.8) is 0 Å². The van der Waals surface area contributed by atoms with Crippen molar-refractivity contribution < 1.29 is 13.2 Å². The molecule has 1 aromatic rings. The van der Waals surface area contributed by atoms with E-state index in [4.69, 9.17) is 4.74 Å². The van der Waals surface area contributed by atoms with Gasteiger partial charge in [0, 0.05) is 0 Å². The number of sulfone groups is 1. The molecule has 1 aromatic carbocycles. The molecule has 0 heterocycles. The van der Waals surface area contributed by atoms with Gasteiger partial charge in [0.05, 0.1) is 21.7 Å². The average Bonchev–Trinajstić information content (AvgIpc) is 2.14. The molecule has 1 saturated carbocycles. The standard InChI is InChI=1S/C11H13BrO3S/c1-15-11-7-9(5-6-10(11)12)16(13,14)8-3-2-4-8/h5-8H,2-4H2,1H3. The van der Waals surface area contributed by atoms with Crippen LogP contribution in [0.25, 0.3) is 0 Å². The summed E-state index contributed by atoms with van der Waals surface area (Å²) < 4.78 is 30.1. The number of benzene rings is 1. The molecule has 5 heteroatoms. The van der Waals surface area contributed by atoms with E-state index in [1.807, 2.05) is 0 Å². The van der Waals surface area contributed by atoms with Gasteiger partial charge in [0.15, 0.2) is 9.84 Å². The Hall–Kier alpha value is -0.550. The van der Waals surface area contributed by atoms with Crippen LogP contribution in [-0.2, 0) is 9.84 Å². The normalized spacial score (nSPS) is 16.9. The molecule has 0 aromatic heterocycles. The number of hydrogen-bond donors (Lipinski definition) is 0. The third-order valence-corrected chi connectivity index (χ3v) is 5.86. The van der Waals surface area contributed by atoms with Crippen LogP contribution in [0.4, 0.5) is 0 Å². The molecular weight excluding hydrogens is 292 g/mol. The Labute approximate surface area is 104 Å². The van der Waals surface area contributed by atoms with Gasteiger partial charge < -0.3 is 4.74 Å². The molecule has 0 radical (unpaired) electrons. The highest BCUT2D eigenvalue weighted by atomic mass is 79.9. The Morgan fingerprint density at radius 3 is 2.56 bits per heavy atom. The van der Waals surface area contributed by atoms with E-state index in [9.17, 15) is 8.42 Å². The lowest BCUT2D eigenvalue weighted by atomic mass is 10.00. The molecule has 1 aliphatic rings. The Kier molecular flexibility index (Phi) is 3.26. The zero-order valence-electron chi connectivity index (χ0n) is 8.94. The number of hydrogen-bond acceptors (Lipinski definition) is 3. The average molecular weight is 305 g/mol. The van der Waals surface area contributed by atoms with Crippen molar-refractivity contribution in [1.29, 1.82) is 0 Å². The fourth-order valence-electron chi connectivity index (χ4n) is 1.69. The van der Waals surface area contributed by atoms with E-state index in [1.54, 1.807) is 18.2 Å². The highest BCUT2D eigenvalue weighted by molar-refractivity contribution is 9.10. The molecule has 88 valence electrons. The third kappa shape index (κ3) is 1.98. The molecule has 0 amide bonds. The van der Waals surface area contributed by atoms with Gasteiger partial charge in [0.2, 0.25) is 0 Å². The van der Waals surface area contributed by atoms with Gasteiger partial charge in [-0.15, -0.1) is 0 Å². The highest BCUT2D eigenvalue weighted by Gasteiger charge is 2.32. The fourth-order valence-corrected chi connectivity index (χ4v) is 3.97. The summed E-state index contributed by atoms with van der Waals surface area (Å²) in [7, 11) is -1.62. The minimum absolute atomic E-state index is 0.196. The SMILES string of the molecule is COc1cc(S(=O)(=O)C2CCC2)ccc1Br. The van der Waals surface area contributed by atoms with Crippen molar-refractivity contribution in [2.75, 3.05) is 7.11 Å². The summed E-state index contributed by atoms with van der Waals surface area (Å²) >= 11 is 3.31. The van der Waals surface area contributed by atoms with E-state index in [0.29, 0.717) is 10.6 Å². The van der Waals surface area contributed by atoms with Gasteiger partial charge in [-0.3, -0.25) is 0 Å². The summed E-state index contributed by atoms with van der Waals surface area (Å²) in [5, 5.41) is -0.196. The van der Waals surface area contributed by atoms with E-state index in [-0.39, 0.29) is 5.25 Å². The van der Waals surface area contributed by atoms with Crippen LogP contribution >= 0.6 is 15.9 Å². The molecular formula is C11H13BrO3S. The number of ether oxygens (including phenoxy) is 1. The molecule has 0 spiro atoms. The number of methoxy groups -OCH3 is 1. The van der Waals surface area contributed by atoms with E-state index in [1.165, 1.54) is 7.11 Å². The predicted molar refractivity (Wildman–Crippen MR) is 65.5 cm³/mol. The third-order valence-electron chi connectivity index (χ3n) is 2.94. The van der Waals surface area contributed by atoms with Gasteiger partial charge in [-0.25, -0.2) is 8.42 Å². The molecule has 3 nitrogen and oxygen atoms in total. The summed E-state index contributed by atoms with van der Waals surface area (Å²) in [4.78, 5) is 0.359. The van der Waals surface area contributed by atoms with Gasteiger partial charge in [-0.2, -0.15) is 0 Å². The first-order valence-corrected chi connectivity index (χ1v) is 7.47. The lowest BCUT2D eigenvalue weighted by Crippen LogP contribution is -2.28. The molecule has 1 fully saturated rings. The topological polar surface area (TPSA) is 43.4 Å². The number of halogens is 1. The number of rotatable bonds is 3. The van der Waals surface area contributed by atoms with E-state index in [0.717, 1.165) is 23.7 Å². The maximum atomic E-state index is 12.1. The summed E-state index contributed by atoms with van der Waals surface area (Å²) in [5.74, 6) is 0.556.